The van der Waals surface area contributed by atoms with Gasteiger partial charge in [-0.3, -0.25) is 0 Å². The van der Waals surface area contributed by atoms with E-state index in [1.807, 2.05) is 0 Å². The number of nitrogens with zero attached hydrogens (tertiary/aromatic N) is 1. The number of ether oxygens (including phenoxy) is 1. The fourth-order valence-electron chi connectivity index (χ4n) is 1.41. The van der Waals surface area contributed by atoms with E-state index in [1.54, 1.807) is 0 Å². The Hall–Kier alpha value is -2.04. The van der Waals surface area contributed by atoms with Crippen molar-refractivity contribution < 1.29 is 28.5 Å². The van der Waals surface area contributed by atoms with Gasteiger partial charge in [0.05, 0.1) is 6.61 Å². The van der Waals surface area contributed by atoms with Gasteiger partial charge in [-0.25, -0.2) is 13.6 Å². The van der Waals surface area contributed by atoms with E-state index >= 15 is 0 Å². The number of carbonyl (C=O) groups is 1. The summed E-state index contributed by atoms with van der Waals surface area (Å²) < 4.78 is 31.1. The van der Waals surface area contributed by atoms with E-state index in [-0.39, 0.29) is 12.2 Å². The maximum atomic E-state index is 13.3. The maximum Gasteiger partial charge on any atom is 0.338 e. The average Bonchev–Trinajstić information content (AvgIpc) is 2.36. The van der Waals surface area contributed by atoms with Gasteiger partial charge in [-0.2, -0.15) is 5.26 Å². The van der Waals surface area contributed by atoms with E-state index < -0.39 is 35.4 Å². The molecule has 1 rings (SSSR count). The first-order valence-corrected chi connectivity index (χ1v) is 5.34. The van der Waals surface area contributed by atoms with Crippen LogP contribution in [0.2, 0.25) is 0 Å². The van der Waals surface area contributed by atoms with Crippen molar-refractivity contribution in [1.29, 1.82) is 5.26 Å². The van der Waals surface area contributed by atoms with Crippen LogP contribution < -0.4 is 0 Å². The van der Waals surface area contributed by atoms with Crippen LogP contribution in [0.5, 0.6) is 0 Å². The second-order valence-corrected chi connectivity index (χ2v) is 3.61. The zero-order valence-electron chi connectivity index (χ0n) is 9.93. The summed E-state index contributed by atoms with van der Waals surface area (Å²) in [7, 11) is 0. The lowest BCUT2D eigenvalue weighted by Crippen LogP contribution is -2.30. The van der Waals surface area contributed by atoms with Gasteiger partial charge in [-0.15, -0.1) is 0 Å². The minimum atomic E-state index is -1.97. The summed E-state index contributed by atoms with van der Waals surface area (Å²) in [4.78, 5) is 11.2. The summed E-state index contributed by atoms with van der Waals surface area (Å²) in [5, 5.41) is 27.6. The van der Waals surface area contributed by atoms with Gasteiger partial charge in [0.1, 0.15) is 29.4 Å². The van der Waals surface area contributed by atoms with Gasteiger partial charge in [0.25, 0.3) is 0 Å². The van der Waals surface area contributed by atoms with Crippen molar-refractivity contribution in [1.82, 2.24) is 0 Å². The standard InChI is InChI=1S/C12H11F2NO4/c1-2-19-12(18)11(17)10(16)6-3-8(13)7(5-15)9(14)4-6/h3-4,10-11,16-17H,2H2,1H3. The number of benzene rings is 1. The highest BCUT2D eigenvalue weighted by molar-refractivity contribution is 5.75. The summed E-state index contributed by atoms with van der Waals surface area (Å²) in [6.07, 6.45) is -3.82. The van der Waals surface area contributed by atoms with Crippen LogP contribution in [-0.2, 0) is 9.53 Å². The highest BCUT2D eigenvalue weighted by atomic mass is 19.1. The van der Waals surface area contributed by atoms with Crippen LogP contribution in [0.4, 0.5) is 8.78 Å². The molecule has 0 aliphatic rings. The molecule has 19 heavy (non-hydrogen) atoms. The average molecular weight is 271 g/mol. The van der Waals surface area contributed by atoms with Gasteiger partial charge < -0.3 is 14.9 Å². The second kappa shape index (κ2) is 6.22. The monoisotopic (exact) mass is 271 g/mol. The van der Waals surface area contributed by atoms with Gasteiger partial charge in [0.15, 0.2) is 6.10 Å². The number of hydrogen-bond donors (Lipinski definition) is 2. The lowest BCUT2D eigenvalue weighted by Gasteiger charge is -2.17. The van der Waals surface area contributed by atoms with E-state index in [9.17, 15) is 23.8 Å². The molecule has 0 amide bonds. The maximum absolute atomic E-state index is 13.3. The lowest BCUT2D eigenvalue weighted by atomic mass is 10.0. The molecule has 2 N–H and O–H groups in total. The van der Waals surface area contributed by atoms with Crippen LogP contribution in [0.1, 0.15) is 24.2 Å². The first kappa shape index (κ1) is 15.0. The Morgan fingerprint density at radius 1 is 1.42 bits per heavy atom. The van der Waals surface area contributed by atoms with Crippen molar-refractivity contribution in [3.05, 3.63) is 34.9 Å². The Balaban J connectivity index is 3.04. The third-order valence-corrected chi connectivity index (χ3v) is 2.34. The number of nitriles is 1. The van der Waals surface area contributed by atoms with Crippen LogP contribution >= 0.6 is 0 Å². The molecule has 1 aromatic carbocycles. The number of carbonyl (C=O) groups excluding carboxylic acids is 1. The van der Waals surface area contributed by atoms with Crippen LogP contribution in [-0.4, -0.2) is 28.9 Å². The van der Waals surface area contributed by atoms with Crippen molar-refractivity contribution in [3.8, 4) is 6.07 Å². The quantitative estimate of drug-likeness (QED) is 0.790. The molecular formula is C12H11F2NO4. The first-order chi connectivity index (χ1) is 8.92. The van der Waals surface area contributed by atoms with Gasteiger partial charge in [0, 0.05) is 0 Å². The summed E-state index contributed by atoms with van der Waals surface area (Å²) in [6, 6.07) is 2.67. The number of aliphatic hydroxyl groups is 2. The van der Waals surface area contributed by atoms with E-state index in [0.29, 0.717) is 12.1 Å². The van der Waals surface area contributed by atoms with Gasteiger partial charge in [-0.1, -0.05) is 0 Å². The number of hydrogen-bond acceptors (Lipinski definition) is 5. The smallest absolute Gasteiger partial charge is 0.338 e. The Morgan fingerprint density at radius 2 is 1.95 bits per heavy atom. The molecule has 5 nitrogen and oxygen atoms in total. The van der Waals surface area contributed by atoms with E-state index in [2.05, 4.69) is 4.74 Å². The summed E-state index contributed by atoms with van der Waals surface area (Å²) in [5.74, 6) is -3.49. The molecule has 0 aliphatic carbocycles. The molecule has 0 spiro atoms. The van der Waals surface area contributed by atoms with Crippen LogP contribution in [0.25, 0.3) is 0 Å². The van der Waals surface area contributed by atoms with E-state index in [4.69, 9.17) is 5.26 Å². The fraction of sp³-hybridized carbons (Fsp3) is 0.333. The zero-order chi connectivity index (χ0) is 14.6. The molecule has 0 saturated heterocycles. The van der Waals surface area contributed by atoms with Crippen LogP contribution in [0.15, 0.2) is 12.1 Å². The SMILES string of the molecule is CCOC(=O)C(O)C(O)c1cc(F)c(C#N)c(F)c1. The second-order valence-electron chi connectivity index (χ2n) is 3.61. The predicted octanol–water partition coefficient (Wildman–Crippen LogP) is 0.794. The molecule has 1 aromatic rings. The number of aliphatic hydroxyl groups excluding tert-OH is 2. The van der Waals surface area contributed by atoms with Crippen molar-refractivity contribution in [2.45, 2.75) is 19.1 Å². The molecule has 0 saturated carbocycles. The summed E-state index contributed by atoms with van der Waals surface area (Å²) in [5.41, 5.74) is -1.17. The number of rotatable bonds is 4. The summed E-state index contributed by atoms with van der Waals surface area (Å²) >= 11 is 0. The Labute approximate surface area is 107 Å². The molecule has 0 aromatic heterocycles. The van der Waals surface area contributed by atoms with Crippen LogP contribution in [0.3, 0.4) is 0 Å². The third kappa shape index (κ3) is 3.24. The fourth-order valence-corrected chi connectivity index (χ4v) is 1.41. The highest BCUT2D eigenvalue weighted by Crippen LogP contribution is 2.22. The molecule has 102 valence electrons. The molecular weight excluding hydrogens is 260 g/mol. The Bertz CT molecular complexity index is 504. The lowest BCUT2D eigenvalue weighted by molar-refractivity contribution is -0.159. The van der Waals surface area contributed by atoms with E-state index in [1.165, 1.54) is 13.0 Å². The topological polar surface area (TPSA) is 90.6 Å². The Kier molecular flexibility index (Phi) is 4.92. The van der Waals surface area contributed by atoms with Crippen molar-refractivity contribution >= 4 is 5.97 Å². The van der Waals surface area contributed by atoms with Crippen molar-refractivity contribution in [2.24, 2.45) is 0 Å². The van der Waals surface area contributed by atoms with Crippen LogP contribution in [0, 0.1) is 23.0 Å². The first-order valence-electron chi connectivity index (χ1n) is 5.34. The number of esters is 1. The highest BCUT2D eigenvalue weighted by Gasteiger charge is 2.28. The Morgan fingerprint density at radius 3 is 2.37 bits per heavy atom. The van der Waals surface area contributed by atoms with Gasteiger partial charge >= 0.3 is 5.97 Å². The van der Waals surface area contributed by atoms with Crippen molar-refractivity contribution in [2.75, 3.05) is 6.61 Å². The van der Waals surface area contributed by atoms with Gasteiger partial charge in [-0.05, 0) is 24.6 Å². The third-order valence-electron chi connectivity index (χ3n) is 2.34. The number of halogens is 2. The molecule has 0 bridgehead atoms. The minimum absolute atomic E-state index is 0.0152. The normalized spacial score (nSPS) is 13.5. The molecule has 2 unspecified atom stereocenters. The predicted molar refractivity (Wildman–Crippen MR) is 58.7 cm³/mol. The molecule has 0 fully saturated rings. The molecule has 0 heterocycles. The molecule has 0 aliphatic heterocycles. The molecule has 0 radical (unpaired) electrons. The van der Waals surface area contributed by atoms with Gasteiger partial charge in [0.2, 0.25) is 0 Å². The minimum Gasteiger partial charge on any atom is -0.464 e. The largest absolute Gasteiger partial charge is 0.464 e. The van der Waals surface area contributed by atoms with Crippen molar-refractivity contribution in [3.63, 3.8) is 0 Å². The molecule has 2 atom stereocenters. The molecule has 7 heteroatoms. The summed E-state index contributed by atoms with van der Waals surface area (Å²) in [6.45, 7) is 1.48. The zero-order valence-corrected chi connectivity index (χ0v) is 9.93. The van der Waals surface area contributed by atoms with E-state index in [0.717, 1.165) is 0 Å².